The number of aryl methyl sites for hydroxylation is 1. The van der Waals surface area contributed by atoms with Crippen LogP contribution in [0.3, 0.4) is 0 Å². The molecule has 0 aliphatic heterocycles. The summed E-state index contributed by atoms with van der Waals surface area (Å²) in [6.45, 7) is 8.15. The second kappa shape index (κ2) is 12.4. The number of rotatable bonds is 12. The Kier molecular flexibility index (Phi) is 10.1. The quantitative estimate of drug-likeness (QED) is 0.386. The molecular formula is C27H42N2O5. The van der Waals surface area contributed by atoms with Gasteiger partial charge in [-0.3, -0.25) is 9.36 Å². The number of ether oxygens (including phenoxy) is 1. The summed E-state index contributed by atoms with van der Waals surface area (Å²) in [6.07, 6.45) is 9.60. The summed E-state index contributed by atoms with van der Waals surface area (Å²) < 4.78 is 7.12. The Hall–Kier alpha value is -2.38. The van der Waals surface area contributed by atoms with Crippen molar-refractivity contribution in [2.45, 2.75) is 97.1 Å². The zero-order valence-corrected chi connectivity index (χ0v) is 21.4. The first-order valence-corrected chi connectivity index (χ1v) is 12.4. The molecule has 1 amide bonds. The molecule has 7 nitrogen and oxygen atoms in total. The largest absolute Gasteiger partial charge is 0.443 e. The van der Waals surface area contributed by atoms with Crippen LogP contribution in [0, 0.1) is 0 Å². The van der Waals surface area contributed by atoms with Gasteiger partial charge < -0.3 is 20.3 Å². The van der Waals surface area contributed by atoms with Crippen LogP contribution in [-0.4, -0.2) is 51.1 Å². The first-order valence-electron chi connectivity index (χ1n) is 12.4. The number of aromatic nitrogens is 1. The SMILES string of the molecule is CCCCCCCCc1ccc2c(CC(CO)(CO)NC(C)=O)cn(C(=O)OC(C)(C)C)c2c1. The van der Waals surface area contributed by atoms with Crippen molar-refractivity contribution < 1.29 is 24.5 Å². The third-order valence-corrected chi connectivity index (χ3v) is 5.94. The Morgan fingerprint density at radius 1 is 1.03 bits per heavy atom. The van der Waals surface area contributed by atoms with Crippen LogP contribution < -0.4 is 5.32 Å². The maximum Gasteiger partial charge on any atom is 0.419 e. The fraction of sp³-hybridized carbons (Fsp3) is 0.630. The van der Waals surface area contributed by atoms with Crippen LogP contribution in [0.2, 0.25) is 0 Å². The lowest BCUT2D eigenvalue weighted by atomic mass is 9.91. The first-order chi connectivity index (χ1) is 16.0. The smallest absolute Gasteiger partial charge is 0.419 e. The van der Waals surface area contributed by atoms with Crippen molar-refractivity contribution in [3.8, 4) is 0 Å². The van der Waals surface area contributed by atoms with E-state index in [1.807, 2.05) is 32.9 Å². The molecule has 0 atom stereocenters. The van der Waals surface area contributed by atoms with E-state index in [1.54, 1.807) is 6.20 Å². The lowest BCUT2D eigenvalue weighted by molar-refractivity contribution is -0.122. The Morgan fingerprint density at radius 2 is 1.68 bits per heavy atom. The zero-order valence-electron chi connectivity index (χ0n) is 21.4. The molecule has 7 heteroatoms. The van der Waals surface area contributed by atoms with Crippen molar-refractivity contribution in [1.82, 2.24) is 9.88 Å². The molecule has 1 aromatic heterocycles. The lowest BCUT2D eigenvalue weighted by Crippen LogP contribution is -2.55. The van der Waals surface area contributed by atoms with Gasteiger partial charge in [-0.15, -0.1) is 0 Å². The highest BCUT2D eigenvalue weighted by Gasteiger charge is 2.32. The molecule has 34 heavy (non-hydrogen) atoms. The third kappa shape index (κ3) is 7.84. The van der Waals surface area contributed by atoms with Gasteiger partial charge in [-0.25, -0.2) is 4.79 Å². The molecule has 1 heterocycles. The Bertz CT molecular complexity index is 954. The molecule has 0 bridgehead atoms. The third-order valence-electron chi connectivity index (χ3n) is 5.94. The Labute approximate surface area is 203 Å². The van der Waals surface area contributed by atoms with E-state index < -0.39 is 30.4 Å². The van der Waals surface area contributed by atoms with Crippen LogP contribution in [0.4, 0.5) is 4.79 Å². The van der Waals surface area contributed by atoms with E-state index in [-0.39, 0.29) is 12.3 Å². The predicted molar refractivity (Wildman–Crippen MR) is 135 cm³/mol. The van der Waals surface area contributed by atoms with Crippen molar-refractivity contribution in [1.29, 1.82) is 0 Å². The minimum absolute atomic E-state index is 0.169. The van der Waals surface area contributed by atoms with E-state index in [9.17, 15) is 19.8 Å². The number of aliphatic hydroxyl groups is 2. The number of amides is 1. The van der Waals surface area contributed by atoms with Gasteiger partial charge in [-0.2, -0.15) is 0 Å². The van der Waals surface area contributed by atoms with Gasteiger partial charge in [0.25, 0.3) is 0 Å². The minimum Gasteiger partial charge on any atom is -0.443 e. The van der Waals surface area contributed by atoms with Gasteiger partial charge >= 0.3 is 6.09 Å². The van der Waals surface area contributed by atoms with Gasteiger partial charge in [-0.05, 0) is 50.8 Å². The van der Waals surface area contributed by atoms with Crippen LogP contribution in [0.5, 0.6) is 0 Å². The van der Waals surface area contributed by atoms with Crippen LogP contribution >= 0.6 is 0 Å². The second-order valence-corrected chi connectivity index (χ2v) is 10.3. The molecule has 0 unspecified atom stereocenters. The summed E-state index contributed by atoms with van der Waals surface area (Å²) in [5, 5.41) is 23.5. The first kappa shape index (κ1) is 27.9. The van der Waals surface area contributed by atoms with Gasteiger partial charge in [0, 0.05) is 24.9 Å². The molecule has 0 spiro atoms. The Morgan fingerprint density at radius 3 is 2.26 bits per heavy atom. The molecule has 190 valence electrons. The van der Waals surface area contributed by atoms with Crippen molar-refractivity contribution in [2.75, 3.05) is 13.2 Å². The maximum absolute atomic E-state index is 13.0. The monoisotopic (exact) mass is 474 g/mol. The fourth-order valence-corrected chi connectivity index (χ4v) is 4.23. The number of hydrogen-bond acceptors (Lipinski definition) is 5. The van der Waals surface area contributed by atoms with Crippen LogP contribution in [-0.2, 0) is 22.4 Å². The summed E-state index contributed by atoms with van der Waals surface area (Å²) >= 11 is 0. The summed E-state index contributed by atoms with van der Waals surface area (Å²) in [5.74, 6) is -0.347. The molecule has 0 fully saturated rings. The number of benzene rings is 1. The molecule has 0 aliphatic carbocycles. The number of hydrogen-bond donors (Lipinski definition) is 3. The fourth-order valence-electron chi connectivity index (χ4n) is 4.23. The van der Waals surface area contributed by atoms with Crippen molar-refractivity contribution in [3.63, 3.8) is 0 Å². The van der Waals surface area contributed by atoms with Gasteiger partial charge in [0.1, 0.15) is 5.60 Å². The van der Waals surface area contributed by atoms with Crippen LogP contribution in [0.15, 0.2) is 24.4 Å². The highest BCUT2D eigenvalue weighted by Crippen LogP contribution is 2.28. The average molecular weight is 475 g/mol. The van der Waals surface area contributed by atoms with Crippen LogP contribution in [0.25, 0.3) is 10.9 Å². The van der Waals surface area contributed by atoms with E-state index in [0.717, 1.165) is 34.9 Å². The molecule has 2 rings (SSSR count). The summed E-state index contributed by atoms with van der Waals surface area (Å²) in [4.78, 5) is 24.7. The van der Waals surface area contributed by atoms with Gasteiger partial charge in [0.15, 0.2) is 0 Å². The van der Waals surface area contributed by atoms with Crippen LogP contribution in [0.1, 0.15) is 84.3 Å². The number of fused-ring (bicyclic) bond motifs is 1. The number of aliphatic hydroxyl groups excluding tert-OH is 2. The van der Waals surface area contributed by atoms with E-state index >= 15 is 0 Å². The summed E-state index contributed by atoms with van der Waals surface area (Å²) in [6, 6.07) is 6.06. The molecular weight excluding hydrogens is 432 g/mol. The molecule has 1 aromatic carbocycles. The van der Waals surface area contributed by atoms with Gasteiger partial charge in [0.05, 0.1) is 24.3 Å². The van der Waals surface area contributed by atoms with E-state index in [1.165, 1.54) is 43.6 Å². The molecule has 2 aromatic rings. The molecule has 0 radical (unpaired) electrons. The number of carbonyl (C=O) groups is 2. The number of nitrogens with zero attached hydrogens (tertiary/aromatic N) is 1. The summed E-state index contributed by atoms with van der Waals surface area (Å²) in [5.41, 5.74) is 0.731. The molecule has 3 N–H and O–H groups in total. The van der Waals surface area contributed by atoms with Gasteiger partial charge in [-0.1, -0.05) is 51.2 Å². The minimum atomic E-state index is -1.23. The number of nitrogens with one attached hydrogen (secondary N) is 1. The second-order valence-electron chi connectivity index (χ2n) is 10.3. The van der Waals surface area contributed by atoms with E-state index in [4.69, 9.17) is 4.74 Å². The number of carbonyl (C=O) groups excluding carboxylic acids is 2. The van der Waals surface area contributed by atoms with Crippen molar-refractivity contribution in [2.24, 2.45) is 0 Å². The standard InChI is InChI=1S/C27H42N2O5/c1-6-7-8-9-10-11-12-21-13-14-23-22(16-27(18-30,19-31)28-20(2)32)17-29(24(23)15-21)25(33)34-26(3,4)5/h13-15,17,30-31H,6-12,16,18-19H2,1-5H3,(H,28,32). The normalized spacial score (nSPS) is 12.2. The topological polar surface area (TPSA) is 101 Å². The van der Waals surface area contributed by atoms with E-state index in [2.05, 4.69) is 18.3 Å². The highest BCUT2D eigenvalue weighted by molar-refractivity contribution is 5.92. The Balaban J connectivity index is 2.38. The summed E-state index contributed by atoms with van der Waals surface area (Å²) in [7, 11) is 0. The molecule has 0 aliphatic rings. The van der Waals surface area contributed by atoms with E-state index in [0.29, 0.717) is 0 Å². The molecule has 0 saturated heterocycles. The predicted octanol–water partition coefficient (Wildman–Crippen LogP) is 4.73. The highest BCUT2D eigenvalue weighted by atomic mass is 16.6. The molecule has 0 saturated carbocycles. The lowest BCUT2D eigenvalue weighted by Gasteiger charge is -2.30. The van der Waals surface area contributed by atoms with Crippen molar-refractivity contribution in [3.05, 3.63) is 35.5 Å². The number of unbranched alkanes of at least 4 members (excludes halogenated alkanes) is 5. The zero-order chi connectivity index (χ0) is 25.4. The average Bonchev–Trinajstić information content (AvgIpc) is 3.11. The van der Waals surface area contributed by atoms with Gasteiger partial charge in [0.2, 0.25) is 5.91 Å². The van der Waals surface area contributed by atoms with Crippen molar-refractivity contribution >= 4 is 22.9 Å². The maximum atomic E-state index is 13.0.